The standard InChI is InChI=1S/C24H24N2O3.CH4/c1-16-3-6-19(7-4-16)26(2)20-8-9-21-18(13-20)15-29-23(21)10-5-17-14-25-12-11-22(17)24(27)28;/h3-4,6-9,11-14,23H,5,10,15H2,1-2H3,(H,27,28);1H4/t23-;/m0./s1. The van der Waals surface area contributed by atoms with E-state index in [-0.39, 0.29) is 13.5 Å². The van der Waals surface area contributed by atoms with Crippen molar-refractivity contribution in [1.82, 2.24) is 4.98 Å². The second kappa shape index (κ2) is 9.09. The van der Waals surface area contributed by atoms with Gasteiger partial charge in [-0.3, -0.25) is 4.98 Å². The molecule has 0 radical (unpaired) electrons. The number of fused-ring (bicyclic) bond motifs is 1. The number of benzene rings is 2. The number of carbonyl (C=O) groups is 1. The van der Waals surface area contributed by atoms with Gasteiger partial charge in [0.25, 0.3) is 0 Å². The van der Waals surface area contributed by atoms with Gasteiger partial charge >= 0.3 is 5.97 Å². The molecule has 3 aromatic rings. The first-order valence-corrected chi connectivity index (χ1v) is 9.74. The Morgan fingerprint density at radius 2 is 1.90 bits per heavy atom. The second-order valence-electron chi connectivity index (χ2n) is 7.45. The van der Waals surface area contributed by atoms with Crippen LogP contribution in [0.25, 0.3) is 0 Å². The Labute approximate surface area is 178 Å². The van der Waals surface area contributed by atoms with E-state index in [4.69, 9.17) is 4.74 Å². The lowest BCUT2D eigenvalue weighted by molar-refractivity contribution is 0.0599. The van der Waals surface area contributed by atoms with E-state index in [9.17, 15) is 9.90 Å². The van der Waals surface area contributed by atoms with Crippen LogP contribution in [-0.4, -0.2) is 23.1 Å². The van der Waals surface area contributed by atoms with Crippen LogP contribution in [0.4, 0.5) is 11.4 Å². The Hall–Kier alpha value is -3.18. The summed E-state index contributed by atoms with van der Waals surface area (Å²) in [4.78, 5) is 17.6. The molecule has 0 saturated carbocycles. The molecule has 1 aromatic heterocycles. The maximum atomic E-state index is 11.4. The normalized spacial score (nSPS) is 14.7. The summed E-state index contributed by atoms with van der Waals surface area (Å²) in [5.41, 5.74) is 6.94. The molecule has 2 heterocycles. The van der Waals surface area contributed by atoms with Crippen molar-refractivity contribution in [2.45, 2.75) is 39.9 Å². The molecule has 0 spiro atoms. The van der Waals surface area contributed by atoms with Gasteiger partial charge < -0.3 is 14.7 Å². The Bertz CT molecular complexity index is 1030. The van der Waals surface area contributed by atoms with Crippen LogP contribution in [0.1, 0.15) is 52.6 Å². The highest BCUT2D eigenvalue weighted by atomic mass is 16.5. The van der Waals surface area contributed by atoms with Gasteiger partial charge in [-0.1, -0.05) is 31.2 Å². The Balaban J connectivity index is 0.00000256. The highest BCUT2D eigenvalue weighted by Gasteiger charge is 2.24. The van der Waals surface area contributed by atoms with Gasteiger partial charge in [-0.2, -0.15) is 0 Å². The first kappa shape index (κ1) is 21.5. The summed E-state index contributed by atoms with van der Waals surface area (Å²) in [5.74, 6) is -0.918. The highest BCUT2D eigenvalue weighted by Crippen LogP contribution is 2.37. The fourth-order valence-corrected chi connectivity index (χ4v) is 3.80. The molecule has 30 heavy (non-hydrogen) atoms. The van der Waals surface area contributed by atoms with E-state index < -0.39 is 5.97 Å². The van der Waals surface area contributed by atoms with E-state index in [0.717, 1.165) is 23.4 Å². The van der Waals surface area contributed by atoms with Gasteiger partial charge in [0.2, 0.25) is 0 Å². The molecule has 0 fully saturated rings. The lowest BCUT2D eigenvalue weighted by Crippen LogP contribution is -2.10. The minimum absolute atomic E-state index is 0. The number of anilines is 2. The van der Waals surface area contributed by atoms with Gasteiger partial charge in [0.05, 0.1) is 18.3 Å². The van der Waals surface area contributed by atoms with E-state index in [1.54, 1.807) is 12.3 Å². The van der Waals surface area contributed by atoms with Crippen LogP contribution in [0.3, 0.4) is 0 Å². The highest BCUT2D eigenvalue weighted by molar-refractivity contribution is 5.89. The van der Waals surface area contributed by atoms with Gasteiger partial charge in [-0.15, -0.1) is 0 Å². The topological polar surface area (TPSA) is 62.7 Å². The van der Waals surface area contributed by atoms with Crippen molar-refractivity contribution in [1.29, 1.82) is 0 Å². The maximum Gasteiger partial charge on any atom is 0.336 e. The zero-order chi connectivity index (χ0) is 20.4. The molecule has 0 saturated heterocycles. The number of rotatable bonds is 6. The molecule has 4 rings (SSSR count). The average Bonchev–Trinajstić information content (AvgIpc) is 3.14. The van der Waals surface area contributed by atoms with E-state index in [0.29, 0.717) is 18.6 Å². The second-order valence-corrected chi connectivity index (χ2v) is 7.45. The van der Waals surface area contributed by atoms with E-state index in [1.165, 1.54) is 22.9 Å². The molecule has 1 aliphatic heterocycles. The van der Waals surface area contributed by atoms with E-state index >= 15 is 0 Å². The summed E-state index contributed by atoms with van der Waals surface area (Å²) < 4.78 is 6.02. The third-order valence-corrected chi connectivity index (χ3v) is 5.53. The summed E-state index contributed by atoms with van der Waals surface area (Å²) in [5, 5.41) is 9.34. The molecule has 1 aliphatic rings. The number of aromatic nitrogens is 1. The van der Waals surface area contributed by atoms with Gasteiger partial charge in [-0.25, -0.2) is 4.79 Å². The molecule has 0 bridgehead atoms. The smallest absolute Gasteiger partial charge is 0.336 e. The largest absolute Gasteiger partial charge is 0.478 e. The van der Waals surface area contributed by atoms with Crippen molar-refractivity contribution in [2.75, 3.05) is 11.9 Å². The van der Waals surface area contributed by atoms with Crippen LogP contribution in [0.5, 0.6) is 0 Å². The number of aryl methyl sites for hydroxylation is 2. The first-order chi connectivity index (χ1) is 14.0. The van der Waals surface area contributed by atoms with Crippen LogP contribution in [0, 0.1) is 6.92 Å². The Morgan fingerprint density at radius 1 is 1.17 bits per heavy atom. The van der Waals surface area contributed by atoms with Crippen molar-refractivity contribution < 1.29 is 14.6 Å². The summed E-state index contributed by atoms with van der Waals surface area (Å²) in [6, 6.07) is 16.5. The molecule has 1 atom stereocenters. The molecule has 156 valence electrons. The average molecular weight is 405 g/mol. The van der Waals surface area contributed by atoms with Crippen molar-refractivity contribution in [3.8, 4) is 0 Å². The zero-order valence-corrected chi connectivity index (χ0v) is 16.6. The predicted octanol–water partition coefficient (Wildman–Crippen LogP) is 5.70. The lowest BCUT2D eigenvalue weighted by Gasteiger charge is -2.21. The number of carboxylic acids is 1. The SMILES string of the molecule is C.Cc1ccc(N(C)c2ccc3c(c2)CO[C@H]3CCc2cnccc2C(=O)O)cc1. The van der Waals surface area contributed by atoms with Crippen LogP contribution in [0.15, 0.2) is 60.9 Å². The van der Waals surface area contributed by atoms with Crippen LogP contribution >= 0.6 is 0 Å². The van der Waals surface area contributed by atoms with Gasteiger partial charge in [-0.05, 0) is 66.8 Å². The molecule has 0 aliphatic carbocycles. The predicted molar refractivity (Wildman–Crippen MR) is 119 cm³/mol. The van der Waals surface area contributed by atoms with Gasteiger partial charge in [0.15, 0.2) is 0 Å². The Kier molecular flexibility index (Phi) is 6.53. The quantitative estimate of drug-likeness (QED) is 0.571. The number of pyridine rings is 1. The molecule has 1 N–H and O–H groups in total. The summed E-state index contributed by atoms with van der Waals surface area (Å²) >= 11 is 0. The Morgan fingerprint density at radius 3 is 2.63 bits per heavy atom. The number of aromatic carboxylic acids is 1. The number of hydrogen-bond acceptors (Lipinski definition) is 4. The molecule has 5 heteroatoms. The number of carboxylic acid groups (broad SMARTS) is 1. The molecular formula is C25H28N2O3. The van der Waals surface area contributed by atoms with E-state index in [2.05, 4.69) is 66.3 Å². The summed E-state index contributed by atoms with van der Waals surface area (Å²) in [6.07, 6.45) is 4.47. The first-order valence-electron chi connectivity index (χ1n) is 9.74. The molecule has 5 nitrogen and oxygen atoms in total. The minimum atomic E-state index is -0.918. The molecule has 0 unspecified atom stereocenters. The maximum absolute atomic E-state index is 11.4. The van der Waals surface area contributed by atoms with Gasteiger partial charge in [0.1, 0.15) is 0 Å². The van der Waals surface area contributed by atoms with Crippen molar-refractivity contribution >= 4 is 17.3 Å². The van der Waals surface area contributed by atoms with Crippen molar-refractivity contribution in [2.24, 2.45) is 0 Å². The van der Waals surface area contributed by atoms with Crippen molar-refractivity contribution in [3.05, 3.63) is 88.7 Å². The number of hydrogen-bond donors (Lipinski definition) is 1. The van der Waals surface area contributed by atoms with E-state index in [1.807, 2.05) is 0 Å². The van der Waals surface area contributed by atoms with Gasteiger partial charge in [0, 0.05) is 30.8 Å². The summed E-state index contributed by atoms with van der Waals surface area (Å²) in [6.45, 7) is 2.66. The molecule has 0 amide bonds. The van der Waals surface area contributed by atoms with Crippen LogP contribution in [0.2, 0.25) is 0 Å². The minimum Gasteiger partial charge on any atom is -0.478 e. The third-order valence-electron chi connectivity index (χ3n) is 5.53. The molecular weight excluding hydrogens is 376 g/mol. The zero-order valence-electron chi connectivity index (χ0n) is 16.6. The fraction of sp³-hybridized carbons (Fsp3) is 0.280. The third kappa shape index (κ3) is 4.36. The number of nitrogens with zero attached hydrogens (tertiary/aromatic N) is 2. The van der Waals surface area contributed by atoms with Crippen LogP contribution < -0.4 is 4.90 Å². The number of ether oxygens (including phenoxy) is 1. The molecule has 2 aromatic carbocycles. The fourth-order valence-electron chi connectivity index (χ4n) is 3.80. The van der Waals surface area contributed by atoms with Crippen LogP contribution in [-0.2, 0) is 17.8 Å². The lowest BCUT2D eigenvalue weighted by atomic mass is 9.97. The summed E-state index contributed by atoms with van der Waals surface area (Å²) in [7, 11) is 2.06. The monoisotopic (exact) mass is 404 g/mol. The van der Waals surface area contributed by atoms with Crippen molar-refractivity contribution in [3.63, 3.8) is 0 Å².